The molecule has 1 aromatic rings. The summed E-state index contributed by atoms with van der Waals surface area (Å²) >= 11 is 3.44. The third-order valence-corrected chi connectivity index (χ3v) is 4.02. The highest BCUT2D eigenvalue weighted by atomic mass is 79.9. The SMILES string of the molecule is Cc1ccc(Br)c(C(=O)NC2CCCN(C)C2)c1. The van der Waals surface area contributed by atoms with Crippen LogP contribution in [0.2, 0.25) is 0 Å². The van der Waals surface area contributed by atoms with Gasteiger partial charge in [0.25, 0.3) is 5.91 Å². The Morgan fingerprint density at radius 1 is 1.50 bits per heavy atom. The van der Waals surface area contributed by atoms with Crippen LogP contribution in [0.4, 0.5) is 0 Å². The Balaban J connectivity index is 2.05. The number of nitrogens with zero attached hydrogens (tertiary/aromatic N) is 1. The molecule has 1 aromatic carbocycles. The molecular formula is C14H19BrN2O. The smallest absolute Gasteiger partial charge is 0.252 e. The van der Waals surface area contributed by atoms with E-state index in [2.05, 4.69) is 33.2 Å². The fourth-order valence-corrected chi connectivity index (χ4v) is 2.79. The second-order valence-corrected chi connectivity index (χ2v) is 5.91. The average Bonchev–Trinajstić information content (AvgIpc) is 2.32. The van der Waals surface area contributed by atoms with E-state index in [0.717, 1.165) is 41.5 Å². The first-order chi connectivity index (χ1) is 8.56. The summed E-state index contributed by atoms with van der Waals surface area (Å²) in [5.74, 6) is 0.0193. The number of aryl methyl sites for hydroxylation is 1. The average molecular weight is 311 g/mol. The van der Waals surface area contributed by atoms with Crippen LogP contribution in [-0.2, 0) is 0 Å². The van der Waals surface area contributed by atoms with Crippen molar-refractivity contribution in [3.63, 3.8) is 0 Å². The number of piperidine rings is 1. The fraction of sp³-hybridized carbons (Fsp3) is 0.500. The van der Waals surface area contributed by atoms with Crippen molar-refractivity contribution in [2.75, 3.05) is 20.1 Å². The van der Waals surface area contributed by atoms with Gasteiger partial charge in [0.2, 0.25) is 0 Å². The van der Waals surface area contributed by atoms with E-state index in [4.69, 9.17) is 0 Å². The molecule has 1 N–H and O–H groups in total. The molecule has 1 fully saturated rings. The zero-order valence-electron chi connectivity index (χ0n) is 10.9. The van der Waals surface area contributed by atoms with Crippen molar-refractivity contribution in [1.29, 1.82) is 0 Å². The van der Waals surface area contributed by atoms with Crippen LogP contribution >= 0.6 is 15.9 Å². The number of halogens is 1. The molecule has 1 heterocycles. The van der Waals surface area contributed by atoms with Crippen molar-refractivity contribution >= 4 is 21.8 Å². The fourth-order valence-electron chi connectivity index (χ4n) is 2.36. The van der Waals surface area contributed by atoms with Crippen LogP contribution in [0.25, 0.3) is 0 Å². The van der Waals surface area contributed by atoms with Crippen molar-refractivity contribution in [3.05, 3.63) is 33.8 Å². The zero-order chi connectivity index (χ0) is 13.1. The van der Waals surface area contributed by atoms with Gasteiger partial charge in [0.1, 0.15) is 0 Å². The van der Waals surface area contributed by atoms with E-state index in [1.54, 1.807) is 0 Å². The van der Waals surface area contributed by atoms with Crippen molar-refractivity contribution in [1.82, 2.24) is 10.2 Å². The summed E-state index contributed by atoms with van der Waals surface area (Å²) in [6.45, 7) is 4.06. The number of amides is 1. The van der Waals surface area contributed by atoms with Gasteiger partial charge < -0.3 is 10.2 Å². The molecular weight excluding hydrogens is 292 g/mol. The molecule has 0 bridgehead atoms. The van der Waals surface area contributed by atoms with Crippen LogP contribution in [0.15, 0.2) is 22.7 Å². The Bertz CT molecular complexity index is 447. The molecule has 2 rings (SSSR count). The van der Waals surface area contributed by atoms with Crippen LogP contribution < -0.4 is 5.32 Å². The van der Waals surface area contributed by atoms with Crippen molar-refractivity contribution in [3.8, 4) is 0 Å². The van der Waals surface area contributed by atoms with Crippen molar-refractivity contribution in [2.45, 2.75) is 25.8 Å². The normalized spacial score (nSPS) is 20.7. The number of likely N-dealkylation sites (N-methyl/N-ethyl adjacent to an activating group) is 1. The zero-order valence-corrected chi connectivity index (χ0v) is 12.5. The molecule has 1 aliphatic heterocycles. The predicted octanol–water partition coefficient (Wildman–Crippen LogP) is 2.58. The highest BCUT2D eigenvalue weighted by Crippen LogP contribution is 2.18. The molecule has 1 aliphatic rings. The number of likely N-dealkylation sites (tertiary alicyclic amines) is 1. The summed E-state index contributed by atoms with van der Waals surface area (Å²) in [6, 6.07) is 6.11. The minimum atomic E-state index is 0.0193. The van der Waals surface area contributed by atoms with Gasteiger partial charge in [-0.25, -0.2) is 0 Å². The van der Waals surface area contributed by atoms with Crippen LogP contribution in [-0.4, -0.2) is 37.0 Å². The molecule has 1 amide bonds. The molecule has 0 aliphatic carbocycles. The van der Waals surface area contributed by atoms with Crippen LogP contribution in [0.3, 0.4) is 0 Å². The Morgan fingerprint density at radius 2 is 2.28 bits per heavy atom. The predicted molar refractivity (Wildman–Crippen MR) is 76.9 cm³/mol. The van der Waals surface area contributed by atoms with Crippen molar-refractivity contribution < 1.29 is 4.79 Å². The Hall–Kier alpha value is -0.870. The van der Waals surface area contributed by atoms with E-state index in [1.165, 1.54) is 0 Å². The minimum Gasteiger partial charge on any atom is -0.348 e. The molecule has 1 unspecified atom stereocenters. The highest BCUT2D eigenvalue weighted by molar-refractivity contribution is 9.10. The molecule has 0 spiro atoms. The summed E-state index contributed by atoms with van der Waals surface area (Å²) in [5.41, 5.74) is 1.83. The van der Waals surface area contributed by atoms with Gasteiger partial charge in [-0.05, 0) is 61.4 Å². The number of benzene rings is 1. The summed E-state index contributed by atoms with van der Waals surface area (Å²) in [4.78, 5) is 14.5. The lowest BCUT2D eigenvalue weighted by molar-refractivity contribution is 0.0911. The quantitative estimate of drug-likeness (QED) is 0.910. The molecule has 4 heteroatoms. The monoisotopic (exact) mass is 310 g/mol. The lowest BCUT2D eigenvalue weighted by atomic mass is 10.1. The number of carbonyl (C=O) groups is 1. The number of rotatable bonds is 2. The van der Waals surface area contributed by atoms with Gasteiger partial charge in [-0.3, -0.25) is 4.79 Å². The summed E-state index contributed by atoms with van der Waals surface area (Å²) in [6.07, 6.45) is 2.22. The maximum atomic E-state index is 12.2. The van der Waals surface area contributed by atoms with E-state index in [0.29, 0.717) is 0 Å². The molecule has 1 atom stereocenters. The molecule has 1 saturated heterocycles. The number of nitrogens with one attached hydrogen (secondary N) is 1. The second kappa shape index (κ2) is 5.85. The van der Waals surface area contributed by atoms with Gasteiger partial charge in [0, 0.05) is 17.1 Å². The molecule has 0 saturated carbocycles. The topological polar surface area (TPSA) is 32.3 Å². The first kappa shape index (κ1) is 13.6. The Labute approximate surface area is 117 Å². The van der Waals surface area contributed by atoms with Crippen molar-refractivity contribution in [2.24, 2.45) is 0 Å². The first-order valence-electron chi connectivity index (χ1n) is 6.32. The van der Waals surface area contributed by atoms with Gasteiger partial charge in [0.05, 0.1) is 5.56 Å². The number of hydrogen-bond donors (Lipinski definition) is 1. The highest BCUT2D eigenvalue weighted by Gasteiger charge is 2.20. The van der Waals surface area contributed by atoms with E-state index < -0.39 is 0 Å². The lowest BCUT2D eigenvalue weighted by Gasteiger charge is -2.30. The number of hydrogen-bond acceptors (Lipinski definition) is 2. The van der Waals surface area contributed by atoms with Gasteiger partial charge in [0.15, 0.2) is 0 Å². The van der Waals surface area contributed by atoms with Crippen LogP contribution in [0.1, 0.15) is 28.8 Å². The van der Waals surface area contributed by atoms with Gasteiger partial charge in [-0.2, -0.15) is 0 Å². The first-order valence-corrected chi connectivity index (χ1v) is 7.11. The van der Waals surface area contributed by atoms with Gasteiger partial charge >= 0.3 is 0 Å². The maximum absolute atomic E-state index is 12.2. The second-order valence-electron chi connectivity index (χ2n) is 5.06. The Kier molecular flexibility index (Phi) is 4.40. The molecule has 0 radical (unpaired) electrons. The van der Waals surface area contributed by atoms with E-state index >= 15 is 0 Å². The summed E-state index contributed by atoms with van der Waals surface area (Å²) < 4.78 is 0.856. The largest absolute Gasteiger partial charge is 0.348 e. The lowest BCUT2D eigenvalue weighted by Crippen LogP contribution is -2.46. The number of carbonyl (C=O) groups excluding carboxylic acids is 1. The van der Waals surface area contributed by atoms with E-state index in [1.807, 2.05) is 25.1 Å². The van der Waals surface area contributed by atoms with Crippen LogP contribution in [0, 0.1) is 6.92 Å². The third kappa shape index (κ3) is 3.33. The standard InChI is InChI=1S/C14H19BrN2O/c1-10-5-6-13(15)12(8-10)14(18)16-11-4-3-7-17(2)9-11/h5-6,8,11H,3-4,7,9H2,1-2H3,(H,16,18). The molecule has 18 heavy (non-hydrogen) atoms. The minimum absolute atomic E-state index is 0.0193. The van der Waals surface area contributed by atoms with Gasteiger partial charge in [-0.1, -0.05) is 11.6 Å². The molecule has 0 aromatic heterocycles. The molecule has 98 valence electrons. The summed E-state index contributed by atoms with van der Waals surface area (Å²) in [7, 11) is 2.10. The third-order valence-electron chi connectivity index (χ3n) is 3.33. The van der Waals surface area contributed by atoms with E-state index in [9.17, 15) is 4.79 Å². The Morgan fingerprint density at radius 3 is 3.00 bits per heavy atom. The van der Waals surface area contributed by atoms with E-state index in [-0.39, 0.29) is 11.9 Å². The van der Waals surface area contributed by atoms with Crippen LogP contribution in [0.5, 0.6) is 0 Å². The molecule has 3 nitrogen and oxygen atoms in total. The maximum Gasteiger partial charge on any atom is 0.252 e. The summed E-state index contributed by atoms with van der Waals surface area (Å²) in [5, 5.41) is 3.12. The van der Waals surface area contributed by atoms with Gasteiger partial charge in [-0.15, -0.1) is 0 Å².